The van der Waals surface area contributed by atoms with Gasteiger partial charge in [0.25, 0.3) is 0 Å². The molecule has 3 heteroatoms. The fourth-order valence-corrected chi connectivity index (χ4v) is 2.47. The van der Waals surface area contributed by atoms with Crippen LogP contribution in [0.5, 0.6) is 0 Å². The Morgan fingerprint density at radius 3 is 2.62 bits per heavy atom. The molecule has 0 radical (unpaired) electrons. The maximum atomic E-state index is 5.72. The van der Waals surface area contributed by atoms with Crippen molar-refractivity contribution in [1.29, 1.82) is 0 Å². The van der Waals surface area contributed by atoms with Crippen LogP contribution in [0.4, 0.5) is 5.82 Å². The molecule has 1 aliphatic heterocycles. The lowest BCUT2D eigenvalue weighted by Gasteiger charge is -2.34. The van der Waals surface area contributed by atoms with Crippen molar-refractivity contribution >= 4 is 5.82 Å². The summed E-state index contributed by atoms with van der Waals surface area (Å²) in [5.41, 5.74) is 7.08. The van der Waals surface area contributed by atoms with E-state index in [1.165, 1.54) is 31.5 Å². The summed E-state index contributed by atoms with van der Waals surface area (Å²) >= 11 is 0. The number of aromatic nitrogens is 1. The van der Waals surface area contributed by atoms with Crippen LogP contribution < -0.4 is 5.73 Å². The Kier molecular flexibility index (Phi) is 3.44. The summed E-state index contributed by atoms with van der Waals surface area (Å²) in [6.45, 7) is 6.94. The number of nitrogen functional groups attached to an aromatic ring is 1. The Hall–Kier alpha value is -1.09. The molecule has 0 amide bonds. The standard InChI is InChI=1S/C13H21N3/c1-10(2)16-7-4-11(5-8-16)12-3-6-15-13(14)9-12/h3,6,9-11H,4-5,7-8H2,1-2H3,(H2,14,15). The first-order chi connectivity index (χ1) is 7.66. The van der Waals surface area contributed by atoms with Crippen molar-refractivity contribution < 1.29 is 0 Å². The van der Waals surface area contributed by atoms with E-state index in [9.17, 15) is 0 Å². The van der Waals surface area contributed by atoms with Crippen LogP contribution in [0.3, 0.4) is 0 Å². The number of nitrogens with zero attached hydrogens (tertiary/aromatic N) is 2. The van der Waals surface area contributed by atoms with E-state index in [4.69, 9.17) is 5.73 Å². The smallest absolute Gasteiger partial charge is 0.123 e. The van der Waals surface area contributed by atoms with Crippen molar-refractivity contribution in [1.82, 2.24) is 9.88 Å². The van der Waals surface area contributed by atoms with Crippen LogP contribution in [0, 0.1) is 0 Å². The molecule has 1 aromatic rings. The minimum Gasteiger partial charge on any atom is -0.384 e. The number of hydrogen-bond acceptors (Lipinski definition) is 3. The molecule has 0 atom stereocenters. The first-order valence-electron chi connectivity index (χ1n) is 6.12. The fraction of sp³-hybridized carbons (Fsp3) is 0.615. The van der Waals surface area contributed by atoms with Gasteiger partial charge < -0.3 is 10.6 Å². The first kappa shape index (κ1) is 11.4. The van der Waals surface area contributed by atoms with Gasteiger partial charge in [0.1, 0.15) is 5.82 Å². The molecule has 0 unspecified atom stereocenters. The lowest BCUT2D eigenvalue weighted by molar-refractivity contribution is 0.172. The fourth-order valence-electron chi connectivity index (χ4n) is 2.47. The molecular formula is C13H21N3. The largest absolute Gasteiger partial charge is 0.384 e. The van der Waals surface area contributed by atoms with Crippen molar-refractivity contribution in [3.8, 4) is 0 Å². The van der Waals surface area contributed by atoms with Gasteiger partial charge >= 0.3 is 0 Å². The van der Waals surface area contributed by atoms with Gasteiger partial charge in [-0.1, -0.05) is 0 Å². The lowest BCUT2D eigenvalue weighted by Crippen LogP contribution is -2.37. The number of anilines is 1. The summed E-state index contributed by atoms with van der Waals surface area (Å²) in [7, 11) is 0. The summed E-state index contributed by atoms with van der Waals surface area (Å²) < 4.78 is 0. The summed E-state index contributed by atoms with van der Waals surface area (Å²) in [5.74, 6) is 1.31. The van der Waals surface area contributed by atoms with Crippen LogP contribution in [0.25, 0.3) is 0 Å². The summed E-state index contributed by atoms with van der Waals surface area (Å²) in [6, 6.07) is 4.80. The van der Waals surface area contributed by atoms with Gasteiger partial charge in [-0.15, -0.1) is 0 Å². The molecule has 0 spiro atoms. The Balaban J connectivity index is 1.99. The summed E-state index contributed by atoms with van der Waals surface area (Å²) in [4.78, 5) is 6.59. The maximum Gasteiger partial charge on any atom is 0.123 e. The number of hydrogen-bond donors (Lipinski definition) is 1. The Bertz CT molecular complexity index is 341. The third kappa shape index (κ3) is 2.53. The van der Waals surface area contributed by atoms with E-state index in [0.29, 0.717) is 17.8 Å². The molecule has 1 saturated heterocycles. The third-order valence-corrected chi connectivity index (χ3v) is 3.54. The molecule has 0 bridgehead atoms. The normalized spacial score (nSPS) is 19.2. The van der Waals surface area contributed by atoms with Crippen molar-refractivity contribution in [3.63, 3.8) is 0 Å². The molecule has 1 aliphatic rings. The SMILES string of the molecule is CC(C)N1CCC(c2ccnc(N)c2)CC1. The summed E-state index contributed by atoms with van der Waals surface area (Å²) in [6.07, 6.45) is 4.29. The molecule has 2 rings (SSSR count). The predicted octanol–water partition coefficient (Wildman–Crippen LogP) is 2.25. The Morgan fingerprint density at radius 1 is 1.38 bits per heavy atom. The highest BCUT2D eigenvalue weighted by Gasteiger charge is 2.21. The van der Waals surface area contributed by atoms with E-state index >= 15 is 0 Å². The molecule has 88 valence electrons. The highest BCUT2D eigenvalue weighted by Crippen LogP contribution is 2.28. The second-order valence-corrected chi connectivity index (χ2v) is 4.92. The Morgan fingerprint density at radius 2 is 2.06 bits per heavy atom. The van der Waals surface area contributed by atoms with Crippen LogP contribution in [0.2, 0.25) is 0 Å². The van der Waals surface area contributed by atoms with Crippen LogP contribution in [-0.4, -0.2) is 29.0 Å². The van der Waals surface area contributed by atoms with Gasteiger partial charge in [-0.05, 0) is 63.4 Å². The minimum absolute atomic E-state index is 0.642. The number of likely N-dealkylation sites (tertiary alicyclic amines) is 1. The van der Waals surface area contributed by atoms with Gasteiger partial charge in [0.05, 0.1) is 0 Å². The monoisotopic (exact) mass is 219 g/mol. The van der Waals surface area contributed by atoms with Gasteiger partial charge in [0.2, 0.25) is 0 Å². The number of rotatable bonds is 2. The zero-order valence-electron chi connectivity index (χ0n) is 10.2. The van der Waals surface area contributed by atoms with Gasteiger partial charge in [-0.2, -0.15) is 0 Å². The molecule has 3 nitrogen and oxygen atoms in total. The second kappa shape index (κ2) is 4.83. The van der Waals surface area contributed by atoms with Gasteiger partial charge in [0, 0.05) is 12.2 Å². The molecule has 1 fully saturated rings. The van der Waals surface area contributed by atoms with Crippen molar-refractivity contribution in [3.05, 3.63) is 23.9 Å². The average molecular weight is 219 g/mol. The van der Waals surface area contributed by atoms with Crippen LogP contribution in [-0.2, 0) is 0 Å². The maximum absolute atomic E-state index is 5.72. The summed E-state index contributed by atoms with van der Waals surface area (Å²) in [5, 5.41) is 0. The van der Waals surface area contributed by atoms with Crippen molar-refractivity contribution in [2.24, 2.45) is 0 Å². The molecule has 1 aromatic heterocycles. The number of nitrogens with two attached hydrogens (primary N) is 1. The van der Waals surface area contributed by atoms with Crippen LogP contribution in [0.1, 0.15) is 38.2 Å². The topological polar surface area (TPSA) is 42.2 Å². The lowest BCUT2D eigenvalue weighted by atomic mass is 9.89. The molecule has 0 saturated carbocycles. The van der Waals surface area contributed by atoms with Crippen LogP contribution in [0.15, 0.2) is 18.3 Å². The molecule has 0 aromatic carbocycles. The van der Waals surface area contributed by atoms with E-state index < -0.39 is 0 Å². The Labute approximate surface area is 97.7 Å². The zero-order chi connectivity index (χ0) is 11.5. The van der Waals surface area contributed by atoms with Gasteiger partial charge in [0.15, 0.2) is 0 Å². The highest BCUT2D eigenvalue weighted by atomic mass is 15.1. The minimum atomic E-state index is 0.642. The number of pyridine rings is 1. The molecule has 2 heterocycles. The van der Waals surface area contributed by atoms with E-state index in [2.05, 4.69) is 29.8 Å². The quantitative estimate of drug-likeness (QED) is 0.829. The third-order valence-electron chi connectivity index (χ3n) is 3.54. The zero-order valence-corrected chi connectivity index (χ0v) is 10.2. The van der Waals surface area contributed by atoms with Gasteiger partial charge in [-0.3, -0.25) is 0 Å². The molecular weight excluding hydrogens is 198 g/mol. The van der Waals surface area contributed by atoms with Gasteiger partial charge in [-0.25, -0.2) is 4.98 Å². The van der Waals surface area contributed by atoms with E-state index in [0.717, 1.165) is 0 Å². The van der Waals surface area contributed by atoms with E-state index in [1.807, 2.05) is 12.3 Å². The highest BCUT2D eigenvalue weighted by molar-refractivity contribution is 5.33. The first-order valence-corrected chi connectivity index (χ1v) is 6.12. The predicted molar refractivity (Wildman–Crippen MR) is 67.3 cm³/mol. The average Bonchev–Trinajstić information content (AvgIpc) is 2.29. The molecule has 16 heavy (non-hydrogen) atoms. The van der Waals surface area contributed by atoms with E-state index in [-0.39, 0.29) is 0 Å². The molecule has 2 N–H and O–H groups in total. The van der Waals surface area contributed by atoms with E-state index in [1.54, 1.807) is 0 Å². The van der Waals surface area contributed by atoms with Crippen molar-refractivity contribution in [2.75, 3.05) is 18.8 Å². The molecule has 0 aliphatic carbocycles. The number of piperidine rings is 1. The van der Waals surface area contributed by atoms with Crippen molar-refractivity contribution in [2.45, 2.75) is 38.6 Å². The second-order valence-electron chi connectivity index (χ2n) is 4.92. The van der Waals surface area contributed by atoms with Crippen LogP contribution >= 0.6 is 0 Å².